The minimum absolute atomic E-state index is 0.714. The molecule has 0 saturated heterocycles. The molecule has 0 atom stereocenters. The molecule has 2 aromatic carbocycles. The third-order valence-corrected chi connectivity index (χ3v) is 4.29. The lowest BCUT2D eigenvalue weighted by atomic mass is 10.1. The molecule has 104 valence electrons. The molecular weight excluding hydrogens is 278 g/mol. The second-order valence-electron chi connectivity index (χ2n) is 4.80. The molecule has 3 aromatic rings. The molecule has 0 saturated carbocycles. The summed E-state index contributed by atoms with van der Waals surface area (Å²) in [7, 11) is 1.90. The number of aromatic amines is 1. The molecule has 0 fully saturated rings. The lowest BCUT2D eigenvalue weighted by Gasteiger charge is -2.05. The standard InChI is InChI=1S/C17H15N3S/c1-19-11-12-6-7-16(14(8-12)10-18)21-17-9-13-4-2-3-5-15(13)20-17/h2-9,19-20H,11H2,1H3. The number of aromatic nitrogens is 1. The first kappa shape index (κ1) is 13.7. The van der Waals surface area contributed by atoms with Crippen LogP contribution >= 0.6 is 11.8 Å². The number of para-hydroxylation sites is 1. The number of nitrogens with one attached hydrogen (secondary N) is 2. The summed E-state index contributed by atoms with van der Waals surface area (Å²) in [5.41, 5.74) is 2.95. The quantitative estimate of drug-likeness (QED) is 0.767. The zero-order chi connectivity index (χ0) is 14.7. The summed E-state index contributed by atoms with van der Waals surface area (Å²) in [6, 6.07) is 18.6. The number of H-pyrrole nitrogens is 1. The second kappa shape index (κ2) is 6.04. The van der Waals surface area contributed by atoms with Crippen molar-refractivity contribution >= 4 is 22.7 Å². The van der Waals surface area contributed by atoms with Crippen LogP contribution in [0.4, 0.5) is 0 Å². The van der Waals surface area contributed by atoms with Gasteiger partial charge in [0.1, 0.15) is 6.07 Å². The Hall–Kier alpha value is -2.22. The fraction of sp³-hybridized carbons (Fsp3) is 0.118. The van der Waals surface area contributed by atoms with Crippen LogP contribution in [0.25, 0.3) is 10.9 Å². The molecule has 0 aliphatic carbocycles. The minimum atomic E-state index is 0.714. The Kier molecular flexibility index (Phi) is 3.96. The highest BCUT2D eigenvalue weighted by molar-refractivity contribution is 7.99. The fourth-order valence-electron chi connectivity index (χ4n) is 2.29. The highest BCUT2D eigenvalue weighted by atomic mass is 32.2. The molecule has 0 radical (unpaired) electrons. The van der Waals surface area contributed by atoms with Gasteiger partial charge in [-0.25, -0.2) is 0 Å². The third-order valence-electron chi connectivity index (χ3n) is 3.27. The summed E-state index contributed by atoms with van der Waals surface area (Å²) >= 11 is 1.59. The summed E-state index contributed by atoms with van der Waals surface area (Å²) in [6.07, 6.45) is 0. The van der Waals surface area contributed by atoms with E-state index < -0.39 is 0 Å². The molecule has 3 nitrogen and oxygen atoms in total. The van der Waals surface area contributed by atoms with Gasteiger partial charge >= 0.3 is 0 Å². The van der Waals surface area contributed by atoms with Gasteiger partial charge < -0.3 is 10.3 Å². The summed E-state index contributed by atoms with van der Waals surface area (Å²) in [5.74, 6) is 0. The fourth-order valence-corrected chi connectivity index (χ4v) is 3.22. The molecule has 0 unspecified atom stereocenters. The molecule has 0 spiro atoms. The van der Waals surface area contributed by atoms with Crippen LogP contribution in [0.5, 0.6) is 0 Å². The maximum Gasteiger partial charge on any atom is 0.100 e. The van der Waals surface area contributed by atoms with Gasteiger partial charge in [0, 0.05) is 22.3 Å². The number of nitrogens with zero attached hydrogens (tertiary/aromatic N) is 1. The molecular formula is C17H15N3S. The Morgan fingerprint density at radius 3 is 2.81 bits per heavy atom. The van der Waals surface area contributed by atoms with Crippen molar-refractivity contribution in [3.8, 4) is 6.07 Å². The van der Waals surface area contributed by atoms with E-state index >= 15 is 0 Å². The SMILES string of the molecule is CNCc1ccc(Sc2cc3ccccc3[nH]2)c(C#N)c1. The van der Waals surface area contributed by atoms with Crippen LogP contribution in [0.2, 0.25) is 0 Å². The topological polar surface area (TPSA) is 51.6 Å². The van der Waals surface area contributed by atoms with Crippen molar-refractivity contribution in [1.82, 2.24) is 10.3 Å². The van der Waals surface area contributed by atoms with Crippen molar-refractivity contribution in [3.05, 3.63) is 59.7 Å². The van der Waals surface area contributed by atoms with Gasteiger partial charge in [0.25, 0.3) is 0 Å². The van der Waals surface area contributed by atoms with E-state index in [0.717, 1.165) is 27.5 Å². The van der Waals surface area contributed by atoms with Crippen LogP contribution in [-0.4, -0.2) is 12.0 Å². The first-order valence-corrected chi connectivity index (χ1v) is 7.55. The zero-order valence-electron chi connectivity index (χ0n) is 11.7. The molecule has 3 rings (SSSR count). The number of nitriles is 1. The van der Waals surface area contributed by atoms with Gasteiger partial charge in [-0.3, -0.25) is 0 Å². The summed E-state index contributed by atoms with van der Waals surface area (Å²) in [4.78, 5) is 4.35. The summed E-state index contributed by atoms with van der Waals surface area (Å²) in [6.45, 7) is 0.770. The number of rotatable bonds is 4. The Bertz CT molecular complexity index is 781. The molecule has 4 heteroatoms. The van der Waals surface area contributed by atoms with E-state index in [1.807, 2.05) is 31.3 Å². The minimum Gasteiger partial charge on any atom is -0.349 e. The average molecular weight is 293 g/mol. The zero-order valence-corrected chi connectivity index (χ0v) is 12.5. The van der Waals surface area contributed by atoms with Gasteiger partial charge in [-0.1, -0.05) is 36.0 Å². The summed E-state index contributed by atoms with van der Waals surface area (Å²) < 4.78 is 0. The van der Waals surface area contributed by atoms with Crippen LogP contribution < -0.4 is 5.32 Å². The molecule has 1 aromatic heterocycles. The lowest BCUT2D eigenvalue weighted by Crippen LogP contribution is -2.05. The Morgan fingerprint density at radius 2 is 2.05 bits per heavy atom. The largest absolute Gasteiger partial charge is 0.349 e. The number of hydrogen-bond donors (Lipinski definition) is 2. The van der Waals surface area contributed by atoms with Crippen LogP contribution in [0.15, 0.2) is 58.5 Å². The number of benzene rings is 2. The normalized spacial score (nSPS) is 10.7. The van der Waals surface area contributed by atoms with Gasteiger partial charge in [0.15, 0.2) is 0 Å². The third kappa shape index (κ3) is 2.94. The van der Waals surface area contributed by atoms with E-state index in [0.29, 0.717) is 5.56 Å². The van der Waals surface area contributed by atoms with Crippen LogP contribution in [-0.2, 0) is 6.54 Å². The summed E-state index contributed by atoms with van der Waals surface area (Å²) in [5, 5.41) is 14.7. The maximum atomic E-state index is 9.33. The Labute approximate surface area is 128 Å². The van der Waals surface area contributed by atoms with Crippen molar-refractivity contribution in [1.29, 1.82) is 5.26 Å². The van der Waals surface area contributed by atoms with Crippen molar-refractivity contribution in [2.75, 3.05) is 7.05 Å². The van der Waals surface area contributed by atoms with Crippen molar-refractivity contribution in [2.24, 2.45) is 0 Å². The van der Waals surface area contributed by atoms with E-state index in [-0.39, 0.29) is 0 Å². The van der Waals surface area contributed by atoms with E-state index in [1.54, 1.807) is 11.8 Å². The van der Waals surface area contributed by atoms with Crippen molar-refractivity contribution in [3.63, 3.8) is 0 Å². The number of fused-ring (bicyclic) bond motifs is 1. The van der Waals surface area contributed by atoms with Gasteiger partial charge in [0.2, 0.25) is 0 Å². The van der Waals surface area contributed by atoms with Gasteiger partial charge in [-0.05, 0) is 36.9 Å². The molecule has 21 heavy (non-hydrogen) atoms. The van der Waals surface area contributed by atoms with E-state index in [9.17, 15) is 5.26 Å². The van der Waals surface area contributed by atoms with Crippen molar-refractivity contribution < 1.29 is 0 Å². The van der Waals surface area contributed by atoms with E-state index in [1.165, 1.54) is 5.39 Å². The van der Waals surface area contributed by atoms with Crippen molar-refractivity contribution in [2.45, 2.75) is 16.5 Å². The molecule has 2 N–H and O–H groups in total. The van der Waals surface area contributed by atoms with Gasteiger partial charge in [0.05, 0.1) is 10.6 Å². The van der Waals surface area contributed by atoms with Gasteiger partial charge in [-0.2, -0.15) is 5.26 Å². The van der Waals surface area contributed by atoms with Crippen LogP contribution in [0.1, 0.15) is 11.1 Å². The molecule has 0 aliphatic heterocycles. The highest BCUT2D eigenvalue weighted by Gasteiger charge is 2.07. The van der Waals surface area contributed by atoms with E-state index in [2.05, 4.69) is 40.6 Å². The first-order chi connectivity index (χ1) is 10.3. The number of hydrogen-bond acceptors (Lipinski definition) is 3. The molecule has 0 aliphatic rings. The smallest absolute Gasteiger partial charge is 0.100 e. The average Bonchev–Trinajstić information content (AvgIpc) is 2.91. The highest BCUT2D eigenvalue weighted by Crippen LogP contribution is 2.32. The van der Waals surface area contributed by atoms with E-state index in [4.69, 9.17) is 0 Å². The predicted molar refractivity (Wildman–Crippen MR) is 86.3 cm³/mol. The first-order valence-electron chi connectivity index (χ1n) is 6.73. The van der Waals surface area contributed by atoms with Crippen LogP contribution in [0, 0.1) is 11.3 Å². The van der Waals surface area contributed by atoms with Gasteiger partial charge in [-0.15, -0.1) is 0 Å². The lowest BCUT2D eigenvalue weighted by molar-refractivity contribution is 0.816. The predicted octanol–water partition coefficient (Wildman–Crippen LogP) is 3.91. The monoisotopic (exact) mass is 293 g/mol. The Balaban J connectivity index is 1.92. The molecule has 1 heterocycles. The second-order valence-corrected chi connectivity index (χ2v) is 5.88. The molecule has 0 amide bonds. The maximum absolute atomic E-state index is 9.33. The molecule has 0 bridgehead atoms. The van der Waals surface area contributed by atoms with Crippen LogP contribution in [0.3, 0.4) is 0 Å². The Morgan fingerprint density at radius 1 is 1.19 bits per heavy atom.